The van der Waals surface area contributed by atoms with Crippen LogP contribution in [-0.2, 0) is 0 Å². The largest absolute Gasteiger partial charge is 0.383 e. The van der Waals surface area contributed by atoms with Gasteiger partial charge in [0.1, 0.15) is 18.0 Å². The van der Waals surface area contributed by atoms with Crippen molar-refractivity contribution in [2.75, 3.05) is 5.73 Å². The molecule has 1 aliphatic rings. The molecule has 35 heavy (non-hydrogen) atoms. The highest BCUT2D eigenvalue weighted by Crippen LogP contribution is 2.45. The van der Waals surface area contributed by atoms with Crippen molar-refractivity contribution in [2.45, 2.75) is 20.8 Å². The number of nitrogen functional groups attached to an aromatic ring is 1. The number of benzene rings is 2. The standard InChI is InChI=1S/C30H23N5/c1-18-14-22(29(21-10-6-4-7-11-21)35(18)23-12-8-5-9-13-23)15-24-19(2)25(16-31)28-27(24)20(3)26(17-32)30(33)34-28/h4-15H,1-3H3,(H2,33,34)/b24-15-. The van der Waals surface area contributed by atoms with Crippen molar-refractivity contribution in [3.8, 4) is 29.1 Å². The number of anilines is 1. The van der Waals surface area contributed by atoms with Crippen LogP contribution in [0.15, 0.2) is 72.3 Å². The van der Waals surface area contributed by atoms with Crippen LogP contribution in [0.1, 0.15) is 40.6 Å². The van der Waals surface area contributed by atoms with Crippen LogP contribution in [0.2, 0.25) is 0 Å². The van der Waals surface area contributed by atoms with Gasteiger partial charge in [0.25, 0.3) is 0 Å². The molecule has 2 aromatic carbocycles. The normalized spacial score (nSPS) is 13.6. The maximum absolute atomic E-state index is 9.92. The summed E-state index contributed by atoms with van der Waals surface area (Å²) in [6.07, 6.45) is 2.11. The van der Waals surface area contributed by atoms with Gasteiger partial charge in [-0.15, -0.1) is 0 Å². The molecule has 0 unspecified atom stereocenters. The zero-order chi connectivity index (χ0) is 24.7. The predicted octanol–water partition coefficient (Wildman–Crippen LogP) is 6.46. The molecule has 0 bridgehead atoms. The third-order valence-electron chi connectivity index (χ3n) is 6.56. The summed E-state index contributed by atoms with van der Waals surface area (Å²) in [5, 5.41) is 19.6. The van der Waals surface area contributed by atoms with Crippen LogP contribution in [0.4, 0.5) is 5.82 Å². The highest BCUT2D eigenvalue weighted by Gasteiger charge is 2.30. The lowest BCUT2D eigenvalue weighted by Crippen LogP contribution is -2.03. The van der Waals surface area contributed by atoms with Crippen molar-refractivity contribution >= 4 is 23.0 Å². The monoisotopic (exact) mass is 453 g/mol. The quantitative estimate of drug-likeness (QED) is 0.385. The molecule has 0 saturated heterocycles. The van der Waals surface area contributed by atoms with Crippen molar-refractivity contribution in [3.05, 3.63) is 106 Å². The number of pyridine rings is 1. The molecule has 5 nitrogen and oxygen atoms in total. The lowest BCUT2D eigenvalue weighted by atomic mass is 9.95. The van der Waals surface area contributed by atoms with E-state index in [0.717, 1.165) is 50.5 Å². The van der Waals surface area contributed by atoms with Crippen LogP contribution in [0, 0.1) is 36.5 Å². The molecule has 0 aliphatic heterocycles. The number of para-hydroxylation sites is 1. The van der Waals surface area contributed by atoms with Gasteiger partial charge in [-0.1, -0.05) is 48.5 Å². The van der Waals surface area contributed by atoms with Crippen molar-refractivity contribution in [1.82, 2.24) is 9.55 Å². The van der Waals surface area contributed by atoms with Gasteiger partial charge < -0.3 is 10.3 Å². The van der Waals surface area contributed by atoms with E-state index < -0.39 is 0 Å². The minimum atomic E-state index is 0.154. The lowest BCUT2D eigenvalue weighted by molar-refractivity contribution is 1.02. The van der Waals surface area contributed by atoms with Crippen molar-refractivity contribution in [3.63, 3.8) is 0 Å². The van der Waals surface area contributed by atoms with E-state index in [0.29, 0.717) is 16.8 Å². The summed E-state index contributed by atoms with van der Waals surface area (Å²) in [5.74, 6) is 0.154. The highest BCUT2D eigenvalue weighted by atomic mass is 15.0. The van der Waals surface area contributed by atoms with Gasteiger partial charge in [-0.2, -0.15) is 10.5 Å². The van der Waals surface area contributed by atoms with E-state index in [1.165, 1.54) is 0 Å². The van der Waals surface area contributed by atoms with E-state index >= 15 is 0 Å². The molecule has 0 spiro atoms. The number of allylic oxidation sites excluding steroid dienone is 3. The van der Waals surface area contributed by atoms with Crippen LogP contribution < -0.4 is 5.73 Å². The van der Waals surface area contributed by atoms with Gasteiger partial charge in [0, 0.05) is 22.5 Å². The molecule has 2 N–H and O–H groups in total. The van der Waals surface area contributed by atoms with Gasteiger partial charge in [-0.05, 0) is 67.3 Å². The minimum absolute atomic E-state index is 0.154. The number of hydrogen-bond acceptors (Lipinski definition) is 4. The SMILES string of the molecule is CC1=C(C#N)c2nc(N)c(C#N)c(C)c2/C1=C\c1cc(C)n(-c2ccccc2)c1-c1ccccc1. The highest BCUT2D eigenvalue weighted by molar-refractivity contribution is 6.09. The Kier molecular flexibility index (Phi) is 5.32. The molecule has 4 aromatic rings. The fourth-order valence-corrected chi connectivity index (χ4v) is 4.93. The Morgan fingerprint density at radius 1 is 0.914 bits per heavy atom. The topological polar surface area (TPSA) is 91.4 Å². The molecule has 0 saturated carbocycles. The number of aromatic nitrogens is 2. The summed E-state index contributed by atoms with van der Waals surface area (Å²) in [7, 11) is 0. The Hall–Kier alpha value is -4.87. The second-order valence-electron chi connectivity index (χ2n) is 8.63. The summed E-state index contributed by atoms with van der Waals surface area (Å²) in [6, 6.07) is 27.2. The fourth-order valence-electron chi connectivity index (χ4n) is 4.93. The Balaban J connectivity index is 1.83. The van der Waals surface area contributed by atoms with Crippen molar-refractivity contribution < 1.29 is 0 Å². The molecule has 0 atom stereocenters. The molecule has 0 amide bonds. The summed E-state index contributed by atoms with van der Waals surface area (Å²) in [6.45, 7) is 5.89. The van der Waals surface area contributed by atoms with E-state index in [9.17, 15) is 10.5 Å². The number of rotatable bonds is 3. The first-order valence-corrected chi connectivity index (χ1v) is 11.3. The van der Waals surface area contributed by atoms with Crippen LogP contribution in [0.5, 0.6) is 0 Å². The molecular weight excluding hydrogens is 430 g/mol. The smallest absolute Gasteiger partial charge is 0.142 e. The van der Waals surface area contributed by atoms with E-state index in [1.54, 1.807) is 0 Å². The molecule has 0 fully saturated rings. The van der Waals surface area contributed by atoms with Gasteiger partial charge in [0.15, 0.2) is 0 Å². The Labute approximate surface area is 204 Å². The summed E-state index contributed by atoms with van der Waals surface area (Å²) >= 11 is 0. The van der Waals surface area contributed by atoms with E-state index in [1.807, 2.05) is 50.2 Å². The maximum Gasteiger partial charge on any atom is 0.142 e. The zero-order valence-corrected chi connectivity index (χ0v) is 19.8. The van der Waals surface area contributed by atoms with Gasteiger partial charge in [-0.3, -0.25) is 0 Å². The van der Waals surface area contributed by atoms with E-state index in [4.69, 9.17) is 5.73 Å². The molecule has 0 radical (unpaired) electrons. The van der Waals surface area contributed by atoms with Gasteiger partial charge >= 0.3 is 0 Å². The van der Waals surface area contributed by atoms with Gasteiger partial charge in [0.05, 0.1) is 22.5 Å². The number of nitrogens with two attached hydrogens (primary N) is 1. The first-order valence-electron chi connectivity index (χ1n) is 11.3. The first-order chi connectivity index (χ1) is 17.0. The number of nitriles is 2. The Bertz CT molecular complexity index is 1620. The number of nitrogens with zero attached hydrogens (tertiary/aromatic N) is 4. The zero-order valence-electron chi connectivity index (χ0n) is 19.8. The number of aryl methyl sites for hydroxylation is 1. The Morgan fingerprint density at radius 3 is 2.20 bits per heavy atom. The summed E-state index contributed by atoms with van der Waals surface area (Å²) in [5.41, 5.74) is 16.0. The average molecular weight is 454 g/mol. The minimum Gasteiger partial charge on any atom is -0.383 e. The third kappa shape index (κ3) is 3.42. The van der Waals surface area contributed by atoms with E-state index in [-0.39, 0.29) is 5.82 Å². The number of fused-ring (bicyclic) bond motifs is 1. The van der Waals surface area contributed by atoms with Crippen LogP contribution in [0.25, 0.3) is 34.2 Å². The molecular formula is C30H23N5. The average Bonchev–Trinajstić information content (AvgIpc) is 3.33. The lowest BCUT2D eigenvalue weighted by Gasteiger charge is -2.14. The third-order valence-corrected chi connectivity index (χ3v) is 6.56. The van der Waals surface area contributed by atoms with Crippen LogP contribution >= 0.6 is 0 Å². The molecule has 2 aromatic heterocycles. The van der Waals surface area contributed by atoms with Crippen LogP contribution in [0.3, 0.4) is 0 Å². The molecule has 5 heteroatoms. The predicted molar refractivity (Wildman–Crippen MR) is 140 cm³/mol. The van der Waals surface area contributed by atoms with Crippen molar-refractivity contribution in [2.24, 2.45) is 0 Å². The molecule has 2 heterocycles. The summed E-state index contributed by atoms with van der Waals surface area (Å²) < 4.78 is 2.25. The molecule has 5 rings (SSSR count). The second kappa shape index (κ2) is 8.48. The molecule has 1 aliphatic carbocycles. The van der Waals surface area contributed by atoms with Gasteiger partial charge in [0.2, 0.25) is 0 Å². The molecule has 168 valence electrons. The van der Waals surface area contributed by atoms with Crippen molar-refractivity contribution in [1.29, 1.82) is 10.5 Å². The first kappa shape index (κ1) is 21.9. The fraction of sp³-hybridized carbons (Fsp3) is 0.100. The van der Waals surface area contributed by atoms with Crippen LogP contribution in [-0.4, -0.2) is 9.55 Å². The maximum atomic E-state index is 9.92. The summed E-state index contributed by atoms with van der Waals surface area (Å²) in [4.78, 5) is 4.46. The Morgan fingerprint density at radius 2 is 1.57 bits per heavy atom. The van der Waals surface area contributed by atoms with Gasteiger partial charge in [-0.25, -0.2) is 4.98 Å². The van der Waals surface area contributed by atoms with E-state index in [2.05, 4.69) is 65.0 Å². The number of hydrogen-bond donors (Lipinski definition) is 1. The second-order valence-corrected chi connectivity index (χ2v) is 8.63.